The van der Waals surface area contributed by atoms with Crippen LogP contribution in [-0.2, 0) is 11.2 Å². The van der Waals surface area contributed by atoms with Crippen molar-refractivity contribution in [1.29, 1.82) is 0 Å². The first-order valence-corrected chi connectivity index (χ1v) is 11.2. The Hall–Kier alpha value is -1.84. The molecule has 2 heterocycles. The molecular formula is C23H24ClNO5S. The van der Waals surface area contributed by atoms with Crippen LogP contribution >= 0.6 is 22.9 Å². The zero-order valence-electron chi connectivity index (χ0n) is 16.9. The highest BCUT2D eigenvalue weighted by atomic mass is 35.5. The Morgan fingerprint density at radius 2 is 1.77 bits per heavy atom. The van der Waals surface area contributed by atoms with Crippen LogP contribution in [0.2, 0.25) is 5.02 Å². The van der Waals surface area contributed by atoms with E-state index in [2.05, 4.69) is 4.98 Å². The summed E-state index contributed by atoms with van der Waals surface area (Å²) in [7, 11) is 0. The van der Waals surface area contributed by atoms with Crippen LogP contribution in [0.15, 0.2) is 48.7 Å². The molecule has 0 unspecified atom stereocenters. The average molecular weight is 462 g/mol. The summed E-state index contributed by atoms with van der Waals surface area (Å²) in [6.45, 7) is 1.55. The molecule has 1 saturated heterocycles. The molecule has 1 aromatic heterocycles. The fourth-order valence-corrected chi connectivity index (χ4v) is 4.81. The molecule has 0 aliphatic carbocycles. The van der Waals surface area contributed by atoms with Gasteiger partial charge in [-0.3, -0.25) is 0 Å². The second-order valence-corrected chi connectivity index (χ2v) is 9.29. The van der Waals surface area contributed by atoms with E-state index in [0.717, 1.165) is 26.6 Å². The van der Waals surface area contributed by atoms with Crippen molar-refractivity contribution in [3.63, 3.8) is 0 Å². The number of halogens is 1. The minimum absolute atomic E-state index is 0.452. The number of aromatic nitrogens is 1. The number of hydrogen-bond acceptors (Lipinski definition) is 7. The van der Waals surface area contributed by atoms with E-state index in [1.54, 1.807) is 11.3 Å². The van der Waals surface area contributed by atoms with Gasteiger partial charge in [-0.2, -0.15) is 0 Å². The van der Waals surface area contributed by atoms with E-state index in [-0.39, 0.29) is 0 Å². The monoisotopic (exact) mass is 461 g/mol. The normalized spacial score (nSPS) is 26.2. The Morgan fingerprint density at radius 1 is 1.03 bits per heavy atom. The lowest BCUT2D eigenvalue weighted by atomic mass is 9.89. The topological polar surface area (TPSA) is 103 Å². The van der Waals surface area contributed by atoms with E-state index in [4.69, 9.17) is 16.3 Å². The number of aryl methyl sites for hydroxylation is 1. The van der Waals surface area contributed by atoms with Crippen molar-refractivity contribution in [2.45, 2.75) is 43.9 Å². The predicted octanol–water partition coefficient (Wildman–Crippen LogP) is 2.88. The van der Waals surface area contributed by atoms with Crippen molar-refractivity contribution in [3.8, 4) is 10.4 Å². The van der Waals surface area contributed by atoms with Gasteiger partial charge in [0.05, 0.1) is 16.5 Å². The Kier molecular flexibility index (Phi) is 6.74. The molecule has 0 bridgehead atoms. The summed E-state index contributed by atoms with van der Waals surface area (Å²) < 4.78 is 5.70. The number of aliphatic hydroxyl groups is 4. The number of rotatable bonds is 5. The molecule has 4 N–H and O–H groups in total. The summed E-state index contributed by atoms with van der Waals surface area (Å²) in [6, 6.07) is 13.3. The number of hydrogen-bond donors (Lipinski definition) is 4. The fourth-order valence-electron chi connectivity index (χ4n) is 3.74. The van der Waals surface area contributed by atoms with Crippen molar-refractivity contribution in [1.82, 2.24) is 4.98 Å². The lowest BCUT2D eigenvalue weighted by Crippen LogP contribution is -2.55. The van der Waals surface area contributed by atoms with Gasteiger partial charge < -0.3 is 25.2 Å². The van der Waals surface area contributed by atoms with Crippen molar-refractivity contribution < 1.29 is 25.2 Å². The summed E-state index contributed by atoms with van der Waals surface area (Å²) in [5, 5.41) is 41.6. The molecular weight excluding hydrogens is 438 g/mol. The lowest BCUT2D eigenvalue weighted by Gasteiger charge is -2.40. The van der Waals surface area contributed by atoms with Crippen LogP contribution in [0.1, 0.15) is 27.8 Å². The first-order valence-electron chi connectivity index (χ1n) is 9.98. The third kappa shape index (κ3) is 4.68. The van der Waals surface area contributed by atoms with Gasteiger partial charge in [0.15, 0.2) is 0 Å². The standard InChI is InChI=1S/C23H24ClNO5S/c1-12-2-3-14(23-22(29)21(28)20(27)17(11-26)30-23)8-15(12)9-19-25-10-18(31-19)13-4-6-16(24)7-5-13/h2-8,10,17,20-23,26-29H,9,11H2,1H3/t17-,20-,21+,22-,23+/m1/s1. The van der Waals surface area contributed by atoms with E-state index >= 15 is 0 Å². The van der Waals surface area contributed by atoms with Crippen LogP contribution in [0.4, 0.5) is 0 Å². The Morgan fingerprint density at radius 3 is 2.48 bits per heavy atom. The number of ether oxygens (including phenoxy) is 1. The van der Waals surface area contributed by atoms with Crippen LogP contribution in [0.25, 0.3) is 10.4 Å². The molecule has 3 aromatic rings. The largest absolute Gasteiger partial charge is 0.394 e. The predicted molar refractivity (Wildman–Crippen MR) is 119 cm³/mol. The molecule has 0 amide bonds. The summed E-state index contributed by atoms with van der Waals surface area (Å²) in [6.07, 6.45) is -3.41. The maximum Gasteiger partial charge on any atom is 0.113 e. The molecule has 0 saturated carbocycles. The summed E-state index contributed by atoms with van der Waals surface area (Å²) in [5.41, 5.74) is 3.81. The number of thiazole rings is 1. The van der Waals surface area contributed by atoms with Gasteiger partial charge in [0.1, 0.15) is 30.5 Å². The van der Waals surface area contributed by atoms with E-state index in [1.165, 1.54) is 0 Å². The number of nitrogens with zero attached hydrogens (tertiary/aromatic N) is 1. The molecule has 164 valence electrons. The molecule has 1 aliphatic rings. The van der Waals surface area contributed by atoms with E-state index in [9.17, 15) is 20.4 Å². The van der Waals surface area contributed by atoms with Gasteiger partial charge in [0.25, 0.3) is 0 Å². The van der Waals surface area contributed by atoms with Gasteiger partial charge in [-0.25, -0.2) is 4.98 Å². The van der Waals surface area contributed by atoms with Crippen LogP contribution in [0.5, 0.6) is 0 Å². The summed E-state index contributed by atoms with van der Waals surface area (Å²) >= 11 is 7.57. The highest BCUT2D eigenvalue weighted by molar-refractivity contribution is 7.15. The van der Waals surface area contributed by atoms with Crippen LogP contribution in [0, 0.1) is 6.92 Å². The van der Waals surface area contributed by atoms with E-state index in [0.29, 0.717) is 17.0 Å². The molecule has 5 atom stereocenters. The van der Waals surface area contributed by atoms with Crippen molar-refractivity contribution in [2.75, 3.05) is 6.61 Å². The number of benzene rings is 2. The summed E-state index contributed by atoms with van der Waals surface area (Å²) in [5.74, 6) is 0. The Bertz CT molecular complexity index is 1040. The first-order chi connectivity index (χ1) is 14.9. The van der Waals surface area contributed by atoms with Gasteiger partial charge in [0.2, 0.25) is 0 Å². The molecule has 4 rings (SSSR count). The SMILES string of the molecule is Cc1ccc([C@@H]2O[C@H](CO)[C@@H](O)[C@H](O)[C@H]2O)cc1Cc1ncc(-c2ccc(Cl)cc2)s1. The second kappa shape index (κ2) is 9.34. The minimum atomic E-state index is -1.40. The highest BCUT2D eigenvalue weighted by Gasteiger charge is 2.43. The zero-order chi connectivity index (χ0) is 22.1. The van der Waals surface area contributed by atoms with Crippen LogP contribution in [0.3, 0.4) is 0 Å². The van der Waals surface area contributed by atoms with Crippen molar-refractivity contribution in [3.05, 3.63) is 75.4 Å². The molecule has 1 fully saturated rings. The van der Waals surface area contributed by atoms with Gasteiger partial charge in [-0.1, -0.05) is 41.9 Å². The van der Waals surface area contributed by atoms with Gasteiger partial charge >= 0.3 is 0 Å². The number of aliphatic hydroxyl groups excluding tert-OH is 4. The van der Waals surface area contributed by atoms with Crippen molar-refractivity contribution in [2.24, 2.45) is 0 Å². The Labute approximate surface area is 189 Å². The Balaban J connectivity index is 1.57. The van der Waals surface area contributed by atoms with Gasteiger partial charge in [0, 0.05) is 17.6 Å². The lowest BCUT2D eigenvalue weighted by molar-refractivity contribution is -0.231. The van der Waals surface area contributed by atoms with Gasteiger partial charge in [-0.05, 0) is 41.3 Å². The quantitative estimate of drug-likeness (QED) is 0.466. The van der Waals surface area contributed by atoms with E-state index < -0.39 is 37.1 Å². The third-order valence-corrected chi connectivity index (χ3v) is 6.92. The molecule has 0 radical (unpaired) electrons. The van der Waals surface area contributed by atoms with Crippen LogP contribution < -0.4 is 0 Å². The average Bonchev–Trinajstić information content (AvgIpc) is 3.23. The van der Waals surface area contributed by atoms with E-state index in [1.807, 2.05) is 55.6 Å². The summed E-state index contributed by atoms with van der Waals surface area (Å²) in [4.78, 5) is 5.60. The smallest absolute Gasteiger partial charge is 0.113 e. The minimum Gasteiger partial charge on any atom is -0.394 e. The second-order valence-electron chi connectivity index (χ2n) is 7.74. The fraction of sp³-hybridized carbons (Fsp3) is 0.348. The molecule has 1 aliphatic heterocycles. The van der Waals surface area contributed by atoms with Crippen LogP contribution in [-0.4, -0.2) is 56.4 Å². The molecule has 8 heteroatoms. The van der Waals surface area contributed by atoms with Gasteiger partial charge in [-0.15, -0.1) is 11.3 Å². The zero-order valence-corrected chi connectivity index (χ0v) is 18.4. The highest BCUT2D eigenvalue weighted by Crippen LogP contribution is 2.34. The maximum absolute atomic E-state index is 10.4. The maximum atomic E-state index is 10.4. The van der Waals surface area contributed by atoms with Crippen molar-refractivity contribution >= 4 is 22.9 Å². The molecule has 2 aromatic carbocycles. The molecule has 6 nitrogen and oxygen atoms in total. The first kappa shape index (κ1) is 22.4. The molecule has 0 spiro atoms. The molecule has 31 heavy (non-hydrogen) atoms. The third-order valence-electron chi connectivity index (χ3n) is 5.62.